The number of rotatable bonds is 2. The summed E-state index contributed by atoms with van der Waals surface area (Å²) in [6.45, 7) is 0. The van der Waals surface area contributed by atoms with Crippen LogP contribution in [-0.2, 0) is 0 Å². The molecule has 0 saturated heterocycles. The Hall–Kier alpha value is -1.69. The third-order valence-corrected chi connectivity index (χ3v) is 1.62. The average Bonchev–Trinajstić information content (AvgIpc) is 2.08. The fourth-order valence-electron chi connectivity index (χ4n) is 0.830. The van der Waals surface area contributed by atoms with Crippen LogP contribution >= 0.6 is 11.6 Å². The van der Waals surface area contributed by atoms with E-state index in [4.69, 9.17) is 23.1 Å². The highest BCUT2D eigenvalue weighted by Gasteiger charge is 2.07. The first kappa shape index (κ1) is 11.4. The molecule has 0 bridgehead atoms. The molecule has 0 aliphatic rings. The largest absolute Gasteiger partial charge is 0.369 e. The Morgan fingerprint density at radius 1 is 1.27 bits per heavy atom. The summed E-state index contributed by atoms with van der Waals surface area (Å²) in [5, 5.41) is 6.44. The van der Waals surface area contributed by atoms with E-state index in [9.17, 15) is 8.78 Å². The lowest BCUT2D eigenvalue weighted by molar-refractivity contribution is 0.580. The molecule has 0 atom stereocenters. The second-order valence-corrected chi connectivity index (χ2v) is 2.99. The van der Waals surface area contributed by atoms with Crippen LogP contribution in [0.2, 0.25) is 5.02 Å². The predicted octanol–water partition coefficient (Wildman–Crippen LogP) is 1.23. The smallest absolute Gasteiger partial charge is 0.211 e. The Labute approximate surface area is 89.2 Å². The first-order valence-electron chi connectivity index (χ1n) is 3.77. The quantitative estimate of drug-likeness (QED) is 0.457. The van der Waals surface area contributed by atoms with Gasteiger partial charge in [0.05, 0.1) is 11.8 Å². The molecule has 0 aliphatic heterocycles. The molecule has 7 heteroatoms. The molecule has 0 unspecified atom stereocenters. The zero-order valence-electron chi connectivity index (χ0n) is 7.42. The minimum atomic E-state index is -0.838. The number of hydrogen-bond acceptors (Lipinski definition) is 2. The van der Waals surface area contributed by atoms with E-state index in [1.807, 2.05) is 0 Å². The third kappa shape index (κ3) is 3.17. The van der Waals surface area contributed by atoms with E-state index in [0.717, 1.165) is 18.3 Å². The Kier molecular flexibility index (Phi) is 3.56. The van der Waals surface area contributed by atoms with Crippen LogP contribution in [-0.4, -0.2) is 12.2 Å². The van der Waals surface area contributed by atoms with E-state index in [2.05, 4.69) is 10.2 Å². The van der Waals surface area contributed by atoms with Crippen LogP contribution in [0, 0.1) is 11.6 Å². The van der Waals surface area contributed by atoms with Gasteiger partial charge in [-0.1, -0.05) is 11.6 Å². The van der Waals surface area contributed by atoms with E-state index in [-0.39, 0.29) is 16.5 Å². The molecule has 0 radical (unpaired) electrons. The first-order chi connectivity index (χ1) is 7.00. The number of hydrogen-bond donors (Lipinski definition) is 2. The van der Waals surface area contributed by atoms with Gasteiger partial charge in [-0.05, 0) is 12.1 Å². The Bertz CT molecular complexity index is 404. The summed E-state index contributed by atoms with van der Waals surface area (Å²) in [4.78, 5) is 0. The van der Waals surface area contributed by atoms with E-state index in [1.165, 1.54) is 0 Å². The van der Waals surface area contributed by atoms with Gasteiger partial charge in [0.25, 0.3) is 0 Å². The van der Waals surface area contributed by atoms with Crippen molar-refractivity contribution >= 4 is 23.8 Å². The topological polar surface area (TPSA) is 76.8 Å². The molecule has 1 rings (SSSR count). The fourth-order valence-corrected chi connectivity index (χ4v) is 1.02. The van der Waals surface area contributed by atoms with Crippen LogP contribution in [0.1, 0.15) is 5.56 Å². The highest BCUT2D eigenvalue weighted by atomic mass is 35.5. The molecule has 0 saturated carbocycles. The average molecular weight is 233 g/mol. The Morgan fingerprint density at radius 3 is 2.27 bits per heavy atom. The van der Waals surface area contributed by atoms with Crippen molar-refractivity contribution in [3.8, 4) is 0 Å². The minimum Gasteiger partial charge on any atom is -0.369 e. The van der Waals surface area contributed by atoms with Crippen molar-refractivity contribution in [3.63, 3.8) is 0 Å². The maximum atomic E-state index is 13.1. The molecule has 0 aliphatic carbocycles. The fraction of sp³-hybridized carbons (Fsp3) is 0. The highest BCUT2D eigenvalue weighted by molar-refractivity contribution is 6.30. The molecule has 0 spiro atoms. The van der Waals surface area contributed by atoms with Crippen molar-refractivity contribution in [2.45, 2.75) is 0 Å². The van der Waals surface area contributed by atoms with Crippen LogP contribution in [0.3, 0.4) is 0 Å². The zero-order valence-corrected chi connectivity index (χ0v) is 8.17. The number of benzene rings is 1. The van der Waals surface area contributed by atoms with Gasteiger partial charge in [-0.25, -0.2) is 8.78 Å². The zero-order chi connectivity index (χ0) is 11.4. The molecule has 15 heavy (non-hydrogen) atoms. The van der Waals surface area contributed by atoms with E-state index in [0.29, 0.717) is 0 Å². The van der Waals surface area contributed by atoms with Crippen LogP contribution in [0.5, 0.6) is 0 Å². The maximum absolute atomic E-state index is 13.1. The number of guanidine groups is 1. The first-order valence-corrected chi connectivity index (χ1v) is 4.15. The van der Waals surface area contributed by atoms with E-state index >= 15 is 0 Å². The number of nitrogens with zero attached hydrogens (tertiary/aromatic N) is 2. The van der Waals surface area contributed by atoms with Gasteiger partial charge in [0, 0.05) is 5.02 Å². The lowest BCUT2D eigenvalue weighted by Crippen LogP contribution is -2.21. The van der Waals surface area contributed by atoms with Crippen molar-refractivity contribution in [2.75, 3.05) is 0 Å². The van der Waals surface area contributed by atoms with Gasteiger partial charge in [-0.2, -0.15) is 5.10 Å². The molecular weight excluding hydrogens is 226 g/mol. The van der Waals surface area contributed by atoms with Gasteiger partial charge in [-0.15, -0.1) is 5.10 Å². The molecule has 80 valence electrons. The van der Waals surface area contributed by atoms with Gasteiger partial charge in [-0.3, -0.25) is 0 Å². The highest BCUT2D eigenvalue weighted by Crippen LogP contribution is 2.17. The number of halogens is 3. The number of nitrogens with two attached hydrogens (primary N) is 2. The standard InChI is InChI=1S/C8H7ClF2N4/c9-4-1-6(10)5(7(11)2-4)3-14-15-8(12)13/h1-3H,(H4,12,13,15)/b14-3+. The van der Waals surface area contributed by atoms with Gasteiger partial charge in [0.1, 0.15) is 11.6 Å². The molecule has 0 aromatic heterocycles. The van der Waals surface area contributed by atoms with Crippen molar-refractivity contribution in [1.82, 2.24) is 0 Å². The lowest BCUT2D eigenvalue weighted by atomic mass is 10.2. The monoisotopic (exact) mass is 232 g/mol. The van der Waals surface area contributed by atoms with Gasteiger partial charge < -0.3 is 11.5 Å². The van der Waals surface area contributed by atoms with E-state index in [1.54, 1.807) is 0 Å². The normalized spacial score (nSPS) is 10.6. The maximum Gasteiger partial charge on any atom is 0.211 e. The summed E-state index contributed by atoms with van der Waals surface area (Å²) in [6.07, 6.45) is 0.862. The molecular formula is C8H7ClF2N4. The molecule has 4 nitrogen and oxygen atoms in total. The summed E-state index contributed by atoms with van der Waals surface area (Å²) >= 11 is 5.41. The minimum absolute atomic E-state index is 0.0380. The van der Waals surface area contributed by atoms with Crippen LogP contribution < -0.4 is 11.5 Å². The molecule has 0 fully saturated rings. The van der Waals surface area contributed by atoms with Crippen molar-refractivity contribution in [2.24, 2.45) is 21.7 Å². The lowest BCUT2D eigenvalue weighted by Gasteiger charge is -1.98. The van der Waals surface area contributed by atoms with Gasteiger partial charge in [0.2, 0.25) is 5.96 Å². The summed E-state index contributed by atoms with van der Waals surface area (Å²) in [6, 6.07) is 1.92. The summed E-state index contributed by atoms with van der Waals surface area (Å²) < 4.78 is 26.2. The molecule has 1 aromatic rings. The van der Waals surface area contributed by atoms with Crippen LogP contribution in [0.25, 0.3) is 0 Å². The van der Waals surface area contributed by atoms with Crippen LogP contribution in [0.4, 0.5) is 8.78 Å². The van der Waals surface area contributed by atoms with Gasteiger partial charge in [0.15, 0.2) is 0 Å². The Morgan fingerprint density at radius 2 is 1.80 bits per heavy atom. The molecule has 1 aromatic carbocycles. The third-order valence-electron chi connectivity index (χ3n) is 1.40. The molecule has 0 heterocycles. The molecule has 0 amide bonds. The van der Waals surface area contributed by atoms with Crippen molar-refractivity contribution in [3.05, 3.63) is 34.4 Å². The second kappa shape index (κ2) is 4.70. The molecule has 4 N–H and O–H groups in total. The Balaban J connectivity index is 3.05. The van der Waals surface area contributed by atoms with Crippen LogP contribution in [0.15, 0.2) is 22.3 Å². The summed E-state index contributed by atoms with van der Waals surface area (Å²) in [5.74, 6) is -1.98. The van der Waals surface area contributed by atoms with Crippen molar-refractivity contribution < 1.29 is 8.78 Å². The summed E-state index contributed by atoms with van der Waals surface area (Å²) in [7, 11) is 0. The SMILES string of the molecule is NC(N)=N/N=C/c1c(F)cc(Cl)cc1F. The van der Waals surface area contributed by atoms with Gasteiger partial charge >= 0.3 is 0 Å². The predicted molar refractivity (Wildman–Crippen MR) is 54.8 cm³/mol. The van der Waals surface area contributed by atoms with E-state index < -0.39 is 11.6 Å². The summed E-state index contributed by atoms with van der Waals surface area (Å²) in [5.41, 5.74) is 9.57. The second-order valence-electron chi connectivity index (χ2n) is 2.55. The van der Waals surface area contributed by atoms with Crippen molar-refractivity contribution in [1.29, 1.82) is 0 Å².